The van der Waals surface area contributed by atoms with Gasteiger partial charge in [0.1, 0.15) is 6.61 Å². The van der Waals surface area contributed by atoms with E-state index in [2.05, 4.69) is 0 Å². The number of benzene rings is 1. The van der Waals surface area contributed by atoms with Gasteiger partial charge in [0.05, 0.1) is 11.2 Å². The molecule has 17 heavy (non-hydrogen) atoms. The van der Waals surface area contributed by atoms with Crippen LogP contribution in [0, 0.1) is 0 Å². The highest BCUT2D eigenvalue weighted by molar-refractivity contribution is 6.00. The fourth-order valence-electron chi connectivity index (χ4n) is 2.23. The number of halogens is 3. The highest BCUT2D eigenvalue weighted by Gasteiger charge is 2.51. The van der Waals surface area contributed by atoms with Crippen molar-refractivity contribution in [1.82, 2.24) is 0 Å². The molecule has 1 heterocycles. The van der Waals surface area contributed by atoms with Crippen molar-refractivity contribution >= 4 is 5.78 Å². The number of hydrogen-bond acceptors (Lipinski definition) is 2. The van der Waals surface area contributed by atoms with Gasteiger partial charge in [-0.15, -0.1) is 0 Å². The minimum atomic E-state index is -4.38. The van der Waals surface area contributed by atoms with Gasteiger partial charge in [-0.3, -0.25) is 4.79 Å². The van der Waals surface area contributed by atoms with Crippen LogP contribution in [0.15, 0.2) is 18.2 Å². The Labute approximate surface area is 95.4 Å². The summed E-state index contributed by atoms with van der Waals surface area (Å²) in [5, 5.41) is 0. The average Bonchev–Trinajstić information content (AvgIpc) is 3.04. The van der Waals surface area contributed by atoms with Crippen molar-refractivity contribution in [2.24, 2.45) is 0 Å². The molecule has 1 aromatic rings. The Bertz CT molecular complexity index is 501. The maximum Gasteiger partial charge on any atom is 0.416 e. The molecule has 1 aliphatic carbocycles. The number of carbonyl (C=O) groups is 1. The Kier molecular flexibility index (Phi) is 1.96. The lowest BCUT2D eigenvalue weighted by Gasteiger charge is -2.25. The van der Waals surface area contributed by atoms with Crippen LogP contribution in [-0.2, 0) is 16.5 Å². The molecule has 1 spiro atoms. The number of alkyl halides is 3. The molecule has 0 N–H and O–H groups in total. The van der Waals surface area contributed by atoms with Crippen molar-refractivity contribution in [2.45, 2.75) is 24.6 Å². The van der Waals surface area contributed by atoms with Crippen LogP contribution >= 0.6 is 0 Å². The second kappa shape index (κ2) is 3.10. The summed E-state index contributed by atoms with van der Waals surface area (Å²) >= 11 is 0. The minimum absolute atomic E-state index is 0.0294. The van der Waals surface area contributed by atoms with E-state index in [-0.39, 0.29) is 12.4 Å². The smallest absolute Gasteiger partial charge is 0.362 e. The van der Waals surface area contributed by atoms with E-state index < -0.39 is 17.3 Å². The number of hydrogen-bond donors (Lipinski definition) is 0. The first-order valence-corrected chi connectivity index (χ1v) is 5.31. The predicted octanol–water partition coefficient (Wildman–Crippen LogP) is 2.91. The van der Waals surface area contributed by atoms with E-state index in [1.165, 1.54) is 6.07 Å². The lowest BCUT2D eigenvalue weighted by molar-refractivity contribution is -0.137. The van der Waals surface area contributed by atoms with Gasteiger partial charge in [0, 0.05) is 5.56 Å². The Morgan fingerprint density at radius 2 is 1.94 bits per heavy atom. The largest absolute Gasteiger partial charge is 0.416 e. The summed E-state index contributed by atoms with van der Waals surface area (Å²) in [4.78, 5) is 11.6. The van der Waals surface area contributed by atoms with Crippen molar-refractivity contribution < 1.29 is 22.7 Å². The summed E-state index contributed by atoms with van der Waals surface area (Å²) < 4.78 is 43.2. The van der Waals surface area contributed by atoms with Crippen molar-refractivity contribution in [3.63, 3.8) is 0 Å². The number of Topliss-reactive ketones (excluding diaryl/α,β-unsaturated/α-hetero) is 1. The Hall–Kier alpha value is -1.36. The van der Waals surface area contributed by atoms with Crippen molar-refractivity contribution in [3.05, 3.63) is 34.9 Å². The minimum Gasteiger partial charge on any atom is -0.362 e. The number of ketones is 1. The fraction of sp³-hybridized carbons (Fsp3) is 0.417. The summed E-state index contributed by atoms with van der Waals surface area (Å²) in [7, 11) is 0. The summed E-state index contributed by atoms with van der Waals surface area (Å²) in [6.07, 6.45) is -3.01. The Morgan fingerprint density at radius 1 is 1.24 bits per heavy atom. The highest BCUT2D eigenvalue weighted by atomic mass is 19.4. The molecule has 0 saturated heterocycles. The molecular weight excluding hydrogens is 233 g/mol. The van der Waals surface area contributed by atoms with E-state index in [1.54, 1.807) is 0 Å². The fourth-order valence-corrected chi connectivity index (χ4v) is 2.23. The van der Waals surface area contributed by atoms with Crippen LogP contribution in [-0.4, -0.2) is 12.4 Å². The molecule has 3 rings (SSSR count). The maximum atomic E-state index is 12.6. The molecule has 0 unspecified atom stereocenters. The van der Waals surface area contributed by atoms with Crippen LogP contribution in [0.2, 0.25) is 0 Å². The number of rotatable bonds is 0. The molecule has 0 aromatic heterocycles. The topological polar surface area (TPSA) is 26.3 Å². The first-order chi connectivity index (χ1) is 7.92. The van der Waals surface area contributed by atoms with E-state index in [0.717, 1.165) is 12.1 Å². The molecule has 0 radical (unpaired) electrons. The molecule has 5 heteroatoms. The van der Waals surface area contributed by atoms with Crippen LogP contribution in [0.4, 0.5) is 13.2 Å². The first-order valence-electron chi connectivity index (χ1n) is 5.31. The molecule has 1 aliphatic heterocycles. The molecule has 0 atom stereocenters. The van der Waals surface area contributed by atoms with Crippen molar-refractivity contribution in [2.75, 3.05) is 6.61 Å². The lowest BCUT2D eigenvalue weighted by Crippen LogP contribution is -2.28. The van der Waals surface area contributed by atoms with Crippen LogP contribution < -0.4 is 0 Å². The third-order valence-electron chi connectivity index (χ3n) is 3.32. The molecule has 1 fully saturated rings. The normalized spacial score (nSPS) is 21.5. The van der Waals surface area contributed by atoms with Gasteiger partial charge >= 0.3 is 6.18 Å². The van der Waals surface area contributed by atoms with Crippen LogP contribution in [0.1, 0.15) is 34.3 Å². The zero-order valence-corrected chi connectivity index (χ0v) is 8.80. The zero-order valence-electron chi connectivity index (χ0n) is 8.80. The molecule has 90 valence electrons. The second-order valence-electron chi connectivity index (χ2n) is 4.46. The van der Waals surface area contributed by atoms with Crippen LogP contribution in [0.25, 0.3) is 0 Å². The summed E-state index contributed by atoms with van der Waals surface area (Å²) in [5.74, 6) is -0.244. The monoisotopic (exact) mass is 242 g/mol. The van der Waals surface area contributed by atoms with Gasteiger partial charge in [0.15, 0.2) is 5.78 Å². The molecule has 1 saturated carbocycles. The molecule has 1 aromatic carbocycles. The van der Waals surface area contributed by atoms with Gasteiger partial charge in [-0.05, 0) is 30.5 Å². The molecular formula is C12H9F3O2. The second-order valence-corrected chi connectivity index (χ2v) is 4.46. The van der Waals surface area contributed by atoms with Crippen molar-refractivity contribution in [1.29, 1.82) is 0 Å². The zero-order chi connectivity index (χ0) is 12.3. The van der Waals surface area contributed by atoms with Gasteiger partial charge in [-0.25, -0.2) is 0 Å². The van der Waals surface area contributed by atoms with Gasteiger partial charge in [-0.1, -0.05) is 6.07 Å². The van der Waals surface area contributed by atoms with Crippen LogP contribution in [0.3, 0.4) is 0 Å². The van der Waals surface area contributed by atoms with Gasteiger partial charge in [-0.2, -0.15) is 13.2 Å². The Morgan fingerprint density at radius 3 is 2.53 bits per heavy atom. The van der Waals surface area contributed by atoms with E-state index in [1.807, 2.05) is 0 Å². The number of ether oxygens (including phenoxy) is 1. The van der Waals surface area contributed by atoms with Gasteiger partial charge in [0.2, 0.25) is 0 Å². The van der Waals surface area contributed by atoms with E-state index >= 15 is 0 Å². The third-order valence-corrected chi connectivity index (χ3v) is 3.32. The standard InChI is InChI=1S/C12H9F3O2/c13-12(14,15)7-1-2-8-9(5-7)11(3-4-11)17-6-10(8)16/h1-2,5H,3-4,6H2. The van der Waals surface area contributed by atoms with Gasteiger partial charge < -0.3 is 4.74 Å². The SMILES string of the molecule is O=C1COC2(CC2)c2cc(C(F)(F)F)ccc21. The molecule has 0 amide bonds. The molecule has 2 nitrogen and oxygen atoms in total. The summed E-state index contributed by atoms with van der Waals surface area (Å²) in [6.45, 7) is -0.0294. The number of fused-ring (bicyclic) bond motifs is 2. The quantitative estimate of drug-likeness (QED) is 0.699. The first kappa shape index (κ1) is 10.8. The van der Waals surface area contributed by atoms with Crippen LogP contribution in [0.5, 0.6) is 0 Å². The van der Waals surface area contributed by atoms with E-state index in [4.69, 9.17) is 4.74 Å². The van der Waals surface area contributed by atoms with E-state index in [9.17, 15) is 18.0 Å². The molecule has 0 bridgehead atoms. The number of carbonyl (C=O) groups excluding carboxylic acids is 1. The summed E-state index contributed by atoms with van der Waals surface area (Å²) in [5.41, 5.74) is -0.559. The third kappa shape index (κ3) is 1.57. The Balaban J connectivity index is 2.15. The predicted molar refractivity (Wildman–Crippen MR) is 52.6 cm³/mol. The van der Waals surface area contributed by atoms with E-state index in [0.29, 0.717) is 24.0 Å². The maximum absolute atomic E-state index is 12.6. The van der Waals surface area contributed by atoms with Gasteiger partial charge in [0.25, 0.3) is 0 Å². The lowest BCUT2D eigenvalue weighted by atomic mass is 9.93. The average molecular weight is 242 g/mol. The highest BCUT2D eigenvalue weighted by Crippen LogP contribution is 2.53. The summed E-state index contributed by atoms with van der Waals surface area (Å²) in [6, 6.07) is 3.28. The van der Waals surface area contributed by atoms with Crippen molar-refractivity contribution in [3.8, 4) is 0 Å². The molecule has 2 aliphatic rings.